The Bertz CT molecular complexity index is 1550. The zero-order valence-electron chi connectivity index (χ0n) is 20.0. The Kier molecular flexibility index (Phi) is 7.00. The summed E-state index contributed by atoms with van der Waals surface area (Å²) in [6, 6.07) is 17.7. The van der Waals surface area contributed by atoms with Crippen LogP contribution < -0.4 is 21.3 Å². The molecule has 1 atom stereocenters. The fourth-order valence-electron chi connectivity index (χ4n) is 3.95. The molecular weight excluding hydrogens is 462 g/mol. The van der Waals surface area contributed by atoms with Crippen molar-refractivity contribution in [2.75, 3.05) is 14.2 Å². The van der Waals surface area contributed by atoms with Crippen LogP contribution in [0, 0.1) is 0 Å². The maximum atomic E-state index is 13.3. The number of methoxy groups -OCH3 is 2. The predicted octanol–water partition coefficient (Wildman–Crippen LogP) is 3.02. The van der Waals surface area contributed by atoms with E-state index in [-0.39, 0.29) is 23.4 Å². The van der Waals surface area contributed by atoms with Crippen LogP contribution in [0.4, 0.5) is 0 Å². The van der Waals surface area contributed by atoms with Crippen molar-refractivity contribution < 1.29 is 19.1 Å². The van der Waals surface area contributed by atoms with E-state index in [0.717, 1.165) is 10.1 Å². The molecule has 3 aromatic carbocycles. The van der Waals surface area contributed by atoms with Crippen LogP contribution in [0.2, 0.25) is 0 Å². The Hall–Kier alpha value is -4.66. The number of nitrogens with one attached hydrogen (secondary N) is 2. The number of aromatic nitrogens is 2. The zero-order chi connectivity index (χ0) is 25.8. The first-order chi connectivity index (χ1) is 17.3. The molecule has 0 bridgehead atoms. The lowest BCUT2D eigenvalue weighted by Crippen LogP contribution is -2.37. The molecule has 9 heteroatoms. The summed E-state index contributed by atoms with van der Waals surface area (Å²) in [4.78, 5) is 53.3. The van der Waals surface area contributed by atoms with Crippen LogP contribution >= 0.6 is 0 Å². The van der Waals surface area contributed by atoms with E-state index in [1.807, 2.05) is 24.3 Å². The van der Waals surface area contributed by atoms with Gasteiger partial charge in [0.15, 0.2) is 0 Å². The fourth-order valence-corrected chi connectivity index (χ4v) is 3.95. The highest BCUT2D eigenvalue weighted by atomic mass is 16.5. The van der Waals surface area contributed by atoms with Crippen molar-refractivity contribution in [2.24, 2.45) is 0 Å². The summed E-state index contributed by atoms with van der Waals surface area (Å²) in [5.41, 5.74) is 1.39. The molecule has 0 fully saturated rings. The number of esters is 1. The van der Waals surface area contributed by atoms with E-state index in [9.17, 15) is 19.2 Å². The third-order valence-corrected chi connectivity index (χ3v) is 5.98. The summed E-state index contributed by atoms with van der Waals surface area (Å²) in [5.74, 6) is -0.151. The maximum Gasteiger partial charge on any atom is 0.337 e. The lowest BCUT2D eigenvalue weighted by molar-refractivity contribution is 0.0600. The minimum atomic E-state index is -0.622. The zero-order valence-corrected chi connectivity index (χ0v) is 20.0. The predicted molar refractivity (Wildman–Crippen MR) is 135 cm³/mol. The van der Waals surface area contributed by atoms with E-state index in [0.29, 0.717) is 22.4 Å². The number of rotatable bonds is 7. The Balaban J connectivity index is 1.63. The average Bonchev–Trinajstić information content (AvgIpc) is 2.91. The summed E-state index contributed by atoms with van der Waals surface area (Å²) >= 11 is 0. The summed E-state index contributed by atoms with van der Waals surface area (Å²) in [6.07, 6.45) is 0. The number of carbonyl (C=O) groups excluding carboxylic acids is 2. The van der Waals surface area contributed by atoms with Gasteiger partial charge < -0.3 is 19.8 Å². The van der Waals surface area contributed by atoms with Gasteiger partial charge in [-0.15, -0.1) is 0 Å². The van der Waals surface area contributed by atoms with E-state index in [2.05, 4.69) is 10.3 Å². The molecule has 0 aliphatic rings. The van der Waals surface area contributed by atoms with E-state index in [4.69, 9.17) is 9.47 Å². The molecule has 0 saturated heterocycles. The molecule has 36 heavy (non-hydrogen) atoms. The van der Waals surface area contributed by atoms with Crippen molar-refractivity contribution in [1.82, 2.24) is 14.9 Å². The number of hydrogen-bond acceptors (Lipinski definition) is 6. The van der Waals surface area contributed by atoms with Gasteiger partial charge in [0.2, 0.25) is 0 Å². The molecule has 0 spiro atoms. The Labute approximate surface area is 206 Å². The van der Waals surface area contributed by atoms with Crippen molar-refractivity contribution in [3.63, 3.8) is 0 Å². The van der Waals surface area contributed by atoms with Gasteiger partial charge in [0.05, 0.1) is 36.7 Å². The van der Waals surface area contributed by atoms with Crippen LogP contribution in [0.25, 0.3) is 10.9 Å². The van der Waals surface area contributed by atoms with Crippen LogP contribution in [0.5, 0.6) is 5.75 Å². The van der Waals surface area contributed by atoms with Crippen molar-refractivity contribution >= 4 is 22.8 Å². The molecule has 0 saturated carbocycles. The topological polar surface area (TPSA) is 119 Å². The SMILES string of the molecule is COC(=O)c1ccc(C(C)n2c(=O)[nH]c3ccc(C(=O)NCc4cccc(OC)c4)cc3c2=O)cc1. The maximum absolute atomic E-state index is 13.3. The second-order valence-electron chi connectivity index (χ2n) is 8.19. The van der Waals surface area contributed by atoms with Gasteiger partial charge in [-0.05, 0) is 60.5 Å². The molecule has 4 aromatic rings. The first-order valence-corrected chi connectivity index (χ1v) is 11.2. The monoisotopic (exact) mass is 487 g/mol. The third kappa shape index (κ3) is 4.90. The third-order valence-electron chi connectivity index (χ3n) is 5.98. The van der Waals surface area contributed by atoms with Crippen LogP contribution in [-0.4, -0.2) is 35.6 Å². The van der Waals surface area contributed by atoms with E-state index in [1.165, 1.54) is 13.2 Å². The molecule has 0 aliphatic carbocycles. The van der Waals surface area contributed by atoms with Gasteiger partial charge >= 0.3 is 11.7 Å². The minimum absolute atomic E-state index is 0.210. The molecule has 1 unspecified atom stereocenters. The highest BCUT2D eigenvalue weighted by Gasteiger charge is 2.17. The largest absolute Gasteiger partial charge is 0.497 e. The first-order valence-electron chi connectivity index (χ1n) is 11.2. The lowest BCUT2D eigenvalue weighted by atomic mass is 10.1. The van der Waals surface area contributed by atoms with E-state index >= 15 is 0 Å². The number of carbonyl (C=O) groups is 2. The summed E-state index contributed by atoms with van der Waals surface area (Å²) in [6.45, 7) is 1.99. The number of benzene rings is 3. The number of aromatic amines is 1. The van der Waals surface area contributed by atoms with Gasteiger partial charge in [-0.1, -0.05) is 24.3 Å². The quantitative estimate of drug-likeness (QED) is 0.387. The number of H-pyrrole nitrogens is 1. The molecule has 1 heterocycles. The molecule has 0 aliphatic heterocycles. The standard InChI is InChI=1S/C27H25N3O6/c1-16(18-7-9-19(10-8-18)26(33)36-3)30-25(32)22-14-20(11-12-23(22)29-27(30)34)24(31)28-15-17-5-4-6-21(13-17)35-2/h4-14,16H,15H2,1-3H3,(H,28,31)(H,29,34). The highest BCUT2D eigenvalue weighted by Crippen LogP contribution is 2.18. The number of amides is 1. The van der Waals surface area contributed by atoms with Crippen LogP contribution in [0.3, 0.4) is 0 Å². The molecular formula is C27H25N3O6. The minimum Gasteiger partial charge on any atom is -0.497 e. The van der Waals surface area contributed by atoms with Crippen LogP contribution in [0.15, 0.2) is 76.3 Å². The lowest BCUT2D eigenvalue weighted by Gasteiger charge is -2.16. The van der Waals surface area contributed by atoms with Crippen LogP contribution in [-0.2, 0) is 11.3 Å². The number of hydrogen-bond donors (Lipinski definition) is 2. The van der Waals surface area contributed by atoms with Gasteiger partial charge in [-0.2, -0.15) is 0 Å². The molecule has 9 nitrogen and oxygen atoms in total. The van der Waals surface area contributed by atoms with Gasteiger partial charge in [0.1, 0.15) is 5.75 Å². The highest BCUT2D eigenvalue weighted by molar-refractivity contribution is 5.97. The summed E-state index contributed by atoms with van der Waals surface area (Å²) in [5, 5.41) is 3.04. The summed E-state index contributed by atoms with van der Waals surface area (Å²) < 4.78 is 11.0. The van der Waals surface area contributed by atoms with Crippen molar-refractivity contribution in [1.29, 1.82) is 0 Å². The number of nitrogens with zero attached hydrogens (tertiary/aromatic N) is 1. The fraction of sp³-hybridized carbons (Fsp3) is 0.185. The van der Waals surface area contributed by atoms with Gasteiger partial charge in [0.25, 0.3) is 11.5 Å². The average molecular weight is 488 g/mol. The van der Waals surface area contributed by atoms with Crippen molar-refractivity contribution in [3.8, 4) is 5.75 Å². The second-order valence-corrected chi connectivity index (χ2v) is 8.19. The van der Waals surface area contributed by atoms with Crippen LogP contribution in [0.1, 0.15) is 44.8 Å². The molecule has 1 amide bonds. The first kappa shape index (κ1) is 24.5. The molecule has 0 radical (unpaired) electrons. The smallest absolute Gasteiger partial charge is 0.337 e. The van der Waals surface area contributed by atoms with Gasteiger partial charge in [0, 0.05) is 12.1 Å². The molecule has 1 aromatic heterocycles. The second kappa shape index (κ2) is 10.3. The molecule has 2 N–H and O–H groups in total. The van der Waals surface area contributed by atoms with E-state index in [1.54, 1.807) is 50.4 Å². The Morgan fingerprint density at radius 3 is 2.39 bits per heavy atom. The Morgan fingerprint density at radius 1 is 0.972 bits per heavy atom. The Morgan fingerprint density at radius 2 is 1.69 bits per heavy atom. The number of fused-ring (bicyclic) bond motifs is 1. The molecule has 184 valence electrons. The van der Waals surface area contributed by atoms with Crippen molar-refractivity contribution in [3.05, 3.63) is 110 Å². The molecule has 4 rings (SSSR count). The normalized spacial score (nSPS) is 11.6. The summed E-state index contributed by atoms with van der Waals surface area (Å²) in [7, 11) is 2.86. The van der Waals surface area contributed by atoms with Gasteiger partial charge in [-0.3, -0.25) is 14.2 Å². The van der Waals surface area contributed by atoms with Crippen molar-refractivity contribution in [2.45, 2.75) is 19.5 Å². The number of ether oxygens (including phenoxy) is 2. The van der Waals surface area contributed by atoms with E-state index < -0.39 is 23.3 Å². The van der Waals surface area contributed by atoms with Gasteiger partial charge in [-0.25, -0.2) is 9.59 Å².